The van der Waals surface area contributed by atoms with Gasteiger partial charge in [0.25, 0.3) is 0 Å². The first-order chi connectivity index (χ1) is 8.49. The first kappa shape index (κ1) is 14.7. The van der Waals surface area contributed by atoms with Crippen molar-refractivity contribution in [2.45, 2.75) is 40.2 Å². The number of allylic oxidation sites excluding steroid dienone is 1. The van der Waals surface area contributed by atoms with Gasteiger partial charge in [-0.1, -0.05) is 19.7 Å². The first-order valence-electron chi connectivity index (χ1n) is 5.99. The van der Waals surface area contributed by atoms with E-state index in [4.69, 9.17) is 4.74 Å². The molecule has 1 aliphatic rings. The molecule has 0 spiro atoms. The molecule has 0 aromatic rings. The van der Waals surface area contributed by atoms with E-state index in [1.165, 1.54) is 0 Å². The number of hydrogen-bond acceptors (Lipinski definition) is 5. The van der Waals surface area contributed by atoms with Gasteiger partial charge in [0.2, 0.25) is 0 Å². The number of ether oxygens (including phenoxy) is 1. The maximum Gasteiger partial charge on any atom is 0.340 e. The molecule has 18 heavy (non-hydrogen) atoms. The van der Waals surface area contributed by atoms with E-state index in [-0.39, 0.29) is 12.0 Å². The van der Waals surface area contributed by atoms with Crippen LogP contribution in [0.15, 0.2) is 22.4 Å². The highest BCUT2D eigenvalue weighted by Gasteiger charge is 2.32. The summed E-state index contributed by atoms with van der Waals surface area (Å²) in [5.41, 5.74) is 2.57. The number of rotatable bonds is 3. The minimum absolute atomic E-state index is 0.133. The molecule has 1 unspecified atom stereocenters. The topological polar surface area (TPSA) is 53.3 Å². The maximum atomic E-state index is 12.0. The first-order valence-corrected chi connectivity index (χ1v) is 6.39. The van der Waals surface area contributed by atoms with E-state index in [2.05, 4.69) is 18.9 Å². The minimum Gasteiger partial charge on any atom is -0.462 e. The number of carbonyl (C=O) groups excluding carboxylic acids is 1. The smallest absolute Gasteiger partial charge is 0.340 e. The van der Waals surface area contributed by atoms with Gasteiger partial charge in [0.15, 0.2) is 0 Å². The summed E-state index contributed by atoms with van der Waals surface area (Å²) in [6, 6.07) is 2.05. The van der Waals surface area contributed by atoms with Crippen molar-refractivity contribution in [2.24, 2.45) is 0 Å². The van der Waals surface area contributed by atoms with Crippen LogP contribution in [0.2, 0.25) is 0 Å². The molecule has 0 N–H and O–H groups in total. The average Bonchev–Trinajstić information content (AvgIpc) is 2.35. The summed E-state index contributed by atoms with van der Waals surface area (Å²) in [4.78, 5) is 12.0. The summed E-state index contributed by atoms with van der Waals surface area (Å²) in [5, 5.41) is 9.25. The Bertz CT molecular complexity index is 460. The standard InChI is InChI=1S/C13H18N2O2S/c1-5-10-11(7-14)8(3)15(18)9(4)12(10)13(16)17-6-2/h8,18H,5-6H2,1-4H3. The third-order valence-corrected chi connectivity index (χ3v) is 3.72. The summed E-state index contributed by atoms with van der Waals surface area (Å²) in [6.07, 6.45) is 0.625. The van der Waals surface area contributed by atoms with E-state index in [1.54, 1.807) is 11.2 Å². The van der Waals surface area contributed by atoms with Gasteiger partial charge in [0, 0.05) is 5.70 Å². The Morgan fingerprint density at radius 2 is 2.17 bits per heavy atom. The molecule has 0 radical (unpaired) electrons. The number of nitrogens with zero attached hydrogens (tertiary/aromatic N) is 2. The van der Waals surface area contributed by atoms with Crippen molar-refractivity contribution in [1.29, 1.82) is 5.26 Å². The Labute approximate surface area is 113 Å². The molecule has 0 aromatic heterocycles. The van der Waals surface area contributed by atoms with Crippen LogP contribution in [-0.2, 0) is 9.53 Å². The highest BCUT2D eigenvalue weighted by Crippen LogP contribution is 2.35. The summed E-state index contributed by atoms with van der Waals surface area (Å²) >= 11 is 4.35. The zero-order chi connectivity index (χ0) is 13.9. The van der Waals surface area contributed by atoms with E-state index < -0.39 is 0 Å². The molecule has 0 saturated carbocycles. The van der Waals surface area contributed by atoms with E-state index in [0.717, 1.165) is 11.3 Å². The van der Waals surface area contributed by atoms with Gasteiger partial charge in [-0.15, -0.1) is 0 Å². The van der Waals surface area contributed by atoms with Gasteiger partial charge in [0.1, 0.15) is 0 Å². The predicted molar refractivity (Wildman–Crippen MR) is 72.6 cm³/mol. The van der Waals surface area contributed by atoms with Gasteiger partial charge in [0.05, 0.1) is 29.9 Å². The zero-order valence-electron chi connectivity index (χ0n) is 11.1. The molecule has 0 aliphatic carbocycles. The Kier molecular flexibility index (Phi) is 4.85. The van der Waals surface area contributed by atoms with Crippen LogP contribution in [0.1, 0.15) is 34.1 Å². The van der Waals surface area contributed by atoms with Crippen molar-refractivity contribution in [1.82, 2.24) is 4.31 Å². The quantitative estimate of drug-likeness (QED) is 0.630. The molecule has 5 heteroatoms. The fraction of sp³-hybridized carbons (Fsp3) is 0.538. The van der Waals surface area contributed by atoms with Crippen LogP contribution in [0.3, 0.4) is 0 Å². The van der Waals surface area contributed by atoms with Crippen molar-refractivity contribution in [3.05, 3.63) is 22.4 Å². The van der Waals surface area contributed by atoms with Gasteiger partial charge in [-0.25, -0.2) is 4.79 Å². The van der Waals surface area contributed by atoms with Crippen LogP contribution in [0.25, 0.3) is 0 Å². The molecule has 98 valence electrons. The molecule has 0 bridgehead atoms. The number of nitriles is 1. The van der Waals surface area contributed by atoms with Crippen LogP contribution in [0.5, 0.6) is 0 Å². The van der Waals surface area contributed by atoms with Gasteiger partial charge >= 0.3 is 5.97 Å². The molecule has 1 rings (SSSR count). The van der Waals surface area contributed by atoms with Gasteiger partial charge < -0.3 is 9.04 Å². The molecular formula is C13H18N2O2S. The van der Waals surface area contributed by atoms with Crippen molar-refractivity contribution < 1.29 is 9.53 Å². The lowest BCUT2D eigenvalue weighted by atomic mass is 9.89. The lowest BCUT2D eigenvalue weighted by Crippen LogP contribution is -2.33. The van der Waals surface area contributed by atoms with Crippen LogP contribution in [-0.4, -0.2) is 22.9 Å². The Morgan fingerprint density at radius 3 is 2.61 bits per heavy atom. The summed E-state index contributed by atoms with van der Waals surface area (Å²) in [6.45, 7) is 7.72. The minimum atomic E-state index is -0.384. The third kappa shape index (κ3) is 2.39. The SMILES string of the molecule is CCOC(=O)C1=C(C)N(S)C(C)C(C#N)=C1CC. The number of esters is 1. The Balaban J connectivity index is 3.39. The van der Waals surface area contributed by atoms with Gasteiger partial charge in [-0.05, 0) is 32.8 Å². The number of hydrogen-bond donors (Lipinski definition) is 1. The Hall–Kier alpha value is -1.41. The second-order valence-electron chi connectivity index (χ2n) is 4.06. The molecule has 1 atom stereocenters. The fourth-order valence-electron chi connectivity index (χ4n) is 2.13. The fourth-order valence-corrected chi connectivity index (χ4v) is 2.35. The van der Waals surface area contributed by atoms with Crippen molar-refractivity contribution in [2.75, 3.05) is 6.61 Å². The van der Waals surface area contributed by atoms with Crippen LogP contribution in [0.4, 0.5) is 0 Å². The average molecular weight is 266 g/mol. The van der Waals surface area contributed by atoms with E-state index in [1.807, 2.05) is 20.8 Å². The maximum absolute atomic E-state index is 12.0. The molecular weight excluding hydrogens is 248 g/mol. The van der Waals surface area contributed by atoms with Gasteiger partial charge in [-0.3, -0.25) is 0 Å². The molecule has 0 aromatic carbocycles. The number of thiol groups is 1. The van der Waals surface area contributed by atoms with E-state index >= 15 is 0 Å². The zero-order valence-corrected chi connectivity index (χ0v) is 12.0. The molecule has 0 fully saturated rings. The molecule has 0 saturated heterocycles. The molecule has 0 amide bonds. The largest absolute Gasteiger partial charge is 0.462 e. The lowest BCUT2D eigenvalue weighted by molar-refractivity contribution is -0.138. The highest BCUT2D eigenvalue weighted by atomic mass is 32.1. The van der Waals surface area contributed by atoms with Crippen LogP contribution < -0.4 is 0 Å². The van der Waals surface area contributed by atoms with Crippen molar-refractivity contribution in [3.63, 3.8) is 0 Å². The van der Waals surface area contributed by atoms with Crippen molar-refractivity contribution in [3.8, 4) is 6.07 Å². The third-order valence-electron chi connectivity index (χ3n) is 3.07. The number of carbonyl (C=O) groups is 1. The summed E-state index contributed by atoms with van der Waals surface area (Å²) in [7, 11) is 0. The van der Waals surface area contributed by atoms with E-state index in [0.29, 0.717) is 24.2 Å². The van der Waals surface area contributed by atoms with Crippen LogP contribution >= 0.6 is 12.8 Å². The van der Waals surface area contributed by atoms with Crippen molar-refractivity contribution >= 4 is 18.8 Å². The molecule has 1 aliphatic heterocycles. The summed E-state index contributed by atoms with van der Waals surface area (Å²) in [5.74, 6) is -0.384. The lowest BCUT2D eigenvalue weighted by Gasteiger charge is -2.33. The predicted octanol–water partition coefficient (Wildman–Crippen LogP) is 2.60. The normalized spacial score (nSPS) is 20.0. The molecule has 4 nitrogen and oxygen atoms in total. The second kappa shape index (κ2) is 5.96. The van der Waals surface area contributed by atoms with E-state index in [9.17, 15) is 10.1 Å². The summed E-state index contributed by atoms with van der Waals surface area (Å²) < 4.78 is 6.70. The second-order valence-corrected chi connectivity index (χ2v) is 4.49. The monoisotopic (exact) mass is 266 g/mol. The van der Waals surface area contributed by atoms with Crippen LogP contribution in [0, 0.1) is 11.3 Å². The highest BCUT2D eigenvalue weighted by molar-refractivity contribution is 7.77. The Morgan fingerprint density at radius 1 is 1.56 bits per heavy atom. The molecule has 1 heterocycles. The van der Waals surface area contributed by atoms with Gasteiger partial charge in [-0.2, -0.15) is 5.26 Å².